The number of hydrogen-bond donors (Lipinski definition) is 0. The Morgan fingerprint density at radius 2 is 1.63 bits per heavy atom. The first kappa shape index (κ1) is 17.9. The van der Waals surface area contributed by atoms with E-state index in [-0.39, 0.29) is 4.90 Å². The van der Waals surface area contributed by atoms with Crippen molar-refractivity contribution in [3.63, 3.8) is 0 Å². The highest BCUT2D eigenvalue weighted by Crippen LogP contribution is 2.33. The van der Waals surface area contributed by atoms with Crippen LogP contribution >= 0.6 is 15.9 Å². The second-order valence-electron chi connectivity index (χ2n) is 6.26. The van der Waals surface area contributed by atoms with E-state index in [1.165, 1.54) is 4.31 Å². The lowest BCUT2D eigenvalue weighted by molar-refractivity contribution is 0.592. The van der Waals surface area contributed by atoms with Gasteiger partial charge in [0.15, 0.2) is 0 Å². The Bertz CT molecular complexity index is 1090. The summed E-state index contributed by atoms with van der Waals surface area (Å²) in [7, 11) is -3.56. The summed E-state index contributed by atoms with van der Waals surface area (Å²) in [6, 6.07) is 22.1. The van der Waals surface area contributed by atoms with E-state index in [4.69, 9.17) is 0 Å². The average Bonchev–Trinajstić information content (AvgIpc) is 3.13. The Kier molecular flexibility index (Phi) is 4.85. The van der Waals surface area contributed by atoms with E-state index in [1.54, 1.807) is 30.5 Å². The average molecular weight is 441 g/mol. The van der Waals surface area contributed by atoms with Crippen molar-refractivity contribution in [1.82, 2.24) is 0 Å². The standard InChI is InChI=1S/C21H17BrN2O2S/c22-18-7-5-16(6-8-18)15-23-19-9-11-20(12-10-19)27(25,26)24-14-13-17-3-1-2-4-21(17)24/h1-12,15H,13-14H2. The summed E-state index contributed by atoms with van der Waals surface area (Å²) >= 11 is 3.40. The first-order valence-corrected chi connectivity index (χ1v) is 10.8. The second-order valence-corrected chi connectivity index (χ2v) is 9.04. The summed E-state index contributed by atoms with van der Waals surface area (Å²) in [6.07, 6.45) is 2.50. The number of para-hydroxylation sites is 1. The first-order valence-electron chi connectivity index (χ1n) is 8.54. The fourth-order valence-corrected chi connectivity index (χ4v) is 4.85. The van der Waals surface area contributed by atoms with Crippen molar-refractivity contribution in [2.75, 3.05) is 10.8 Å². The maximum absolute atomic E-state index is 13.0. The topological polar surface area (TPSA) is 49.7 Å². The number of aliphatic imine (C=N–C) groups is 1. The predicted molar refractivity (Wildman–Crippen MR) is 113 cm³/mol. The van der Waals surface area contributed by atoms with E-state index >= 15 is 0 Å². The van der Waals surface area contributed by atoms with Crippen LogP contribution in [0.15, 0.2) is 87.2 Å². The molecule has 3 aromatic carbocycles. The summed E-state index contributed by atoms with van der Waals surface area (Å²) in [4.78, 5) is 4.69. The van der Waals surface area contributed by atoms with Gasteiger partial charge in [0, 0.05) is 17.2 Å². The number of rotatable bonds is 4. The zero-order valence-corrected chi connectivity index (χ0v) is 16.8. The first-order chi connectivity index (χ1) is 13.0. The minimum absolute atomic E-state index is 0.279. The molecule has 0 aromatic heterocycles. The molecule has 0 aliphatic carbocycles. The third-order valence-electron chi connectivity index (χ3n) is 4.50. The van der Waals surface area contributed by atoms with Gasteiger partial charge in [-0.25, -0.2) is 8.42 Å². The summed E-state index contributed by atoms with van der Waals surface area (Å²) in [6.45, 7) is 0.477. The Hall–Kier alpha value is -2.44. The summed E-state index contributed by atoms with van der Waals surface area (Å²) in [5, 5.41) is 0. The molecule has 0 unspecified atom stereocenters. The maximum atomic E-state index is 13.0. The van der Waals surface area contributed by atoms with Crippen molar-refractivity contribution < 1.29 is 8.42 Å². The molecule has 0 atom stereocenters. The lowest BCUT2D eigenvalue weighted by Crippen LogP contribution is -2.29. The molecule has 0 radical (unpaired) electrons. The van der Waals surface area contributed by atoms with Crippen LogP contribution in [0.1, 0.15) is 11.1 Å². The van der Waals surface area contributed by atoms with Crippen LogP contribution in [0.5, 0.6) is 0 Å². The highest BCUT2D eigenvalue weighted by Gasteiger charge is 2.30. The molecule has 0 saturated heterocycles. The van der Waals surface area contributed by atoms with Crippen LogP contribution in [0.3, 0.4) is 0 Å². The minimum Gasteiger partial charge on any atom is -0.266 e. The molecule has 4 nitrogen and oxygen atoms in total. The SMILES string of the molecule is O=S(=O)(c1ccc(N=Cc2ccc(Br)cc2)cc1)N1CCc2ccccc21. The molecular weight excluding hydrogens is 424 g/mol. The molecular formula is C21H17BrN2O2S. The lowest BCUT2D eigenvalue weighted by atomic mass is 10.2. The highest BCUT2D eigenvalue weighted by molar-refractivity contribution is 9.10. The van der Waals surface area contributed by atoms with Gasteiger partial charge in [-0.15, -0.1) is 0 Å². The van der Waals surface area contributed by atoms with E-state index < -0.39 is 10.0 Å². The van der Waals surface area contributed by atoms with E-state index in [9.17, 15) is 8.42 Å². The number of halogens is 1. The number of nitrogens with zero attached hydrogens (tertiary/aromatic N) is 2. The van der Waals surface area contributed by atoms with E-state index in [0.29, 0.717) is 12.2 Å². The predicted octanol–water partition coefficient (Wildman–Crippen LogP) is 4.95. The van der Waals surface area contributed by atoms with Crippen LogP contribution in [0.25, 0.3) is 0 Å². The van der Waals surface area contributed by atoms with Gasteiger partial charge in [-0.1, -0.05) is 46.3 Å². The molecule has 6 heteroatoms. The van der Waals surface area contributed by atoms with Crippen LogP contribution in [-0.4, -0.2) is 21.2 Å². The van der Waals surface area contributed by atoms with Gasteiger partial charge in [0.2, 0.25) is 0 Å². The van der Waals surface area contributed by atoms with Crippen molar-refractivity contribution in [2.45, 2.75) is 11.3 Å². The Balaban J connectivity index is 1.56. The largest absolute Gasteiger partial charge is 0.266 e. The van der Waals surface area contributed by atoms with Crippen LogP contribution < -0.4 is 4.31 Å². The van der Waals surface area contributed by atoms with Gasteiger partial charge in [0.05, 0.1) is 16.3 Å². The van der Waals surface area contributed by atoms with E-state index in [0.717, 1.165) is 27.7 Å². The third-order valence-corrected chi connectivity index (χ3v) is 6.86. The molecule has 1 aliphatic heterocycles. The molecule has 27 heavy (non-hydrogen) atoms. The number of anilines is 1. The fourth-order valence-electron chi connectivity index (χ4n) is 3.09. The smallest absolute Gasteiger partial charge is 0.264 e. The second kappa shape index (κ2) is 7.29. The molecule has 1 aliphatic rings. The molecule has 0 amide bonds. The van der Waals surface area contributed by atoms with Crippen molar-refractivity contribution in [2.24, 2.45) is 4.99 Å². The zero-order chi connectivity index (χ0) is 18.9. The maximum Gasteiger partial charge on any atom is 0.264 e. The van der Waals surface area contributed by atoms with Gasteiger partial charge < -0.3 is 0 Å². The van der Waals surface area contributed by atoms with Gasteiger partial charge in [-0.05, 0) is 60.0 Å². The summed E-state index contributed by atoms with van der Waals surface area (Å²) < 4.78 is 28.5. The number of sulfonamides is 1. The number of hydrogen-bond acceptors (Lipinski definition) is 3. The van der Waals surface area contributed by atoms with E-state index in [1.807, 2.05) is 48.5 Å². The molecule has 0 spiro atoms. The highest BCUT2D eigenvalue weighted by atomic mass is 79.9. The summed E-state index contributed by atoms with van der Waals surface area (Å²) in [5.41, 5.74) is 3.52. The fraction of sp³-hybridized carbons (Fsp3) is 0.0952. The molecule has 136 valence electrons. The van der Waals surface area contributed by atoms with Crippen LogP contribution in [0, 0.1) is 0 Å². The van der Waals surface area contributed by atoms with Crippen molar-refractivity contribution in [3.05, 3.63) is 88.4 Å². The Morgan fingerprint density at radius 1 is 0.926 bits per heavy atom. The van der Waals surface area contributed by atoms with Gasteiger partial charge in [0.25, 0.3) is 10.0 Å². The van der Waals surface area contributed by atoms with Gasteiger partial charge in [-0.3, -0.25) is 9.30 Å². The molecule has 0 saturated carbocycles. The Morgan fingerprint density at radius 3 is 2.37 bits per heavy atom. The van der Waals surface area contributed by atoms with Crippen LogP contribution in [-0.2, 0) is 16.4 Å². The molecule has 0 bridgehead atoms. The number of benzene rings is 3. The summed E-state index contributed by atoms with van der Waals surface area (Å²) in [5.74, 6) is 0. The van der Waals surface area contributed by atoms with Crippen molar-refractivity contribution >= 4 is 43.5 Å². The molecule has 1 heterocycles. The Labute approximate surface area is 167 Å². The normalized spacial score (nSPS) is 13.9. The zero-order valence-electron chi connectivity index (χ0n) is 14.4. The van der Waals surface area contributed by atoms with Crippen molar-refractivity contribution in [3.8, 4) is 0 Å². The van der Waals surface area contributed by atoms with Gasteiger partial charge >= 0.3 is 0 Å². The third kappa shape index (κ3) is 3.68. The molecule has 3 aromatic rings. The van der Waals surface area contributed by atoms with Crippen LogP contribution in [0.4, 0.5) is 11.4 Å². The lowest BCUT2D eigenvalue weighted by Gasteiger charge is -2.19. The van der Waals surface area contributed by atoms with Gasteiger partial charge in [-0.2, -0.15) is 0 Å². The monoisotopic (exact) mass is 440 g/mol. The number of fused-ring (bicyclic) bond motifs is 1. The van der Waals surface area contributed by atoms with Crippen molar-refractivity contribution in [1.29, 1.82) is 0 Å². The van der Waals surface area contributed by atoms with Crippen LogP contribution in [0.2, 0.25) is 0 Å². The minimum atomic E-state index is -3.56. The molecule has 0 fully saturated rings. The van der Waals surface area contributed by atoms with E-state index in [2.05, 4.69) is 20.9 Å². The molecule has 0 N–H and O–H groups in total. The quantitative estimate of drug-likeness (QED) is 0.538. The molecule has 4 rings (SSSR count). The van der Waals surface area contributed by atoms with Gasteiger partial charge in [0.1, 0.15) is 0 Å².